The highest BCUT2D eigenvalue weighted by atomic mass is 35.5. The minimum Gasteiger partial charge on any atom is -0.355 e. The standard InChI is InChI=1S/C21H15ClF4N4O2S/c1-4-6-11(9-27-2)30-19(21(24,25)26)12(10-28-30)18-16(20(31)33-3)17(29-32-18)15-13(22)7-5-8-14(15)23/h4-10H,1H2,2-3H3/b11-6+,27-9?. The van der Waals surface area contributed by atoms with Crippen LogP contribution in [0.15, 0.2) is 52.6 Å². The van der Waals surface area contributed by atoms with Crippen molar-refractivity contribution < 1.29 is 26.9 Å². The Morgan fingerprint density at radius 2 is 2.09 bits per heavy atom. The number of hydrogen-bond donors (Lipinski definition) is 0. The molecule has 0 N–H and O–H groups in total. The van der Waals surface area contributed by atoms with Gasteiger partial charge in [-0.3, -0.25) is 9.79 Å². The van der Waals surface area contributed by atoms with Gasteiger partial charge in [0.25, 0.3) is 0 Å². The number of alkyl halides is 3. The molecule has 3 rings (SSSR count). The molecule has 1 aromatic carbocycles. The average molecular weight is 499 g/mol. The summed E-state index contributed by atoms with van der Waals surface area (Å²) in [5, 5.41) is 6.75. The Balaban J connectivity index is 2.37. The number of aliphatic imine (C=N–C) groups is 1. The fourth-order valence-corrected chi connectivity index (χ4v) is 3.71. The fourth-order valence-electron chi connectivity index (χ4n) is 3.06. The monoisotopic (exact) mass is 498 g/mol. The maximum Gasteiger partial charge on any atom is 0.434 e. The van der Waals surface area contributed by atoms with Gasteiger partial charge in [0.15, 0.2) is 11.5 Å². The summed E-state index contributed by atoms with van der Waals surface area (Å²) in [5.41, 5.74) is -2.79. The van der Waals surface area contributed by atoms with E-state index >= 15 is 0 Å². The van der Waals surface area contributed by atoms with Gasteiger partial charge in [0.2, 0.25) is 5.12 Å². The molecule has 0 saturated heterocycles. The first-order chi connectivity index (χ1) is 15.6. The van der Waals surface area contributed by atoms with Crippen molar-refractivity contribution in [3.8, 4) is 22.6 Å². The third kappa shape index (κ3) is 4.64. The van der Waals surface area contributed by atoms with E-state index in [1.807, 2.05) is 0 Å². The SMILES string of the molecule is C=C/C=C(\C=NC)n1ncc(-c2onc(-c3c(F)cccc3Cl)c2C(=O)SC)c1C(F)(F)F. The molecular weight excluding hydrogens is 484 g/mol. The van der Waals surface area contributed by atoms with Crippen LogP contribution in [-0.4, -0.2) is 39.6 Å². The molecule has 33 heavy (non-hydrogen) atoms. The van der Waals surface area contributed by atoms with Crippen LogP contribution in [0.3, 0.4) is 0 Å². The number of carbonyl (C=O) groups is 1. The summed E-state index contributed by atoms with van der Waals surface area (Å²) in [6, 6.07) is 3.78. The third-order valence-corrected chi connectivity index (χ3v) is 5.25. The zero-order chi connectivity index (χ0) is 24.3. The van der Waals surface area contributed by atoms with Gasteiger partial charge in [-0.05, 0) is 24.5 Å². The van der Waals surface area contributed by atoms with Crippen LogP contribution in [0.5, 0.6) is 0 Å². The Morgan fingerprint density at radius 1 is 1.36 bits per heavy atom. The van der Waals surface area contributed by atoms with Gasteiger partial charge in [0.05, 0.1) is 28.0 Å². The minimum absolute atomic E-state index is 0.0410. The lowest BCUT2D eigenvalue weighted by molar-refractivity contribution is -0.142. The normalized spacial score (nSPS) is 12.5. The molecule has 12 heteroatoms. The number of aromatic nitrogens is 3. The van der Waals surface area contributed by atoms with E-state index < -0.39 is 34.1 Å². The Labute approximate surface area is 194 Å². The summed E-state index contributed by atoms with van der Waals surface area (Å²) >= 11 is 6.79. The van der Waals surface area contributed by atoms with Gasteiger partial charge >= 0.3 is 6.18 Å². The quantitative estimate of drug-likeness (QED) is 0.228. The van der Waals surface area contributed by atoms with E-state index in [4.69, 9.17) is 16.1 Å². The largest absolute Gasteiger partial charge is 0.434 e. The van der Waals surface area contributed by atoms with E-state index in [0.717, 1.165) is 18.5 Å². The molecule has 3 aromatic rings. The Kier molecular flexibility index (Phi) is 7.23. The molecule has 6 nitrogen and oxygen atoms in total. The summed E-state index contributed by atoms with van der Waals surface area (Å²) in [6.45, 7) is 3.48. The van der Waals surface area contributed by atoms with Crippen LogP contribution in [0.4, 0.5) is 17.6 Å². The van der Waals surface area contributed by atoms with Crippen molar-refractivity contribution in [1.82, 2.24) is 14.9 Å². The average Bonchev–Trinajstić information content (AvgIpc) is 3.37. The molecule has 2 aromatic heterocycles. The summed E-state index contributed by atoms with van der Waals surface area (Å²) in [4.78, 5) is 16.5. The van der Waals surface area contributed by atoms with Crippen LogP contribution >= 0.6 is 23.4 Å². The molecule has 172 valence electrons. The number of nitrogens with zero attached hydrogens (tertiary/aromatic N) is 4. The van der Waals surface area contributed by atoms with Crippen LogP contribution in [0.25, 0.3) is 28.3 Å². The fraction of sp³-hybridized carbons (Fsp3) is 0.143. The van der Waals surface area contributed by atoms with Crippen LogP contribution in [-0.2, 0) is 6.18 Å². The highest BCUT2D eigenvalue weighted by Gasteiger charge is 2.42. The molecule has 0 amide bonds. The second-order valence-corrected chi connectivity index (χ2v) is 7.54. The smallest absolute Gasteiger partial charge is 0.355 e. The summed E-state index contributed by atoms with van der Waals surface area (Å²) in [6.07, 6.45) is 1.09. The zero-order valence-electron chi connectivity index (χ0n) is 17.2. The summed E-state index contributed by atoms with van der Waals surface area (Å²) in [7, 11) is 1.38. The van der Waals surface area contributed by atoms with Crippen molar-refractivity contribution in [2.75, 3.05) is 13.3 Å². The molecular formula is C21H15ClF4N4O2S. The van der Waals surface area contributed by atoms with Crippen molar-refractivity contribution in [2.24, 2.45) is 4.99 Å². The van der Waals surface area contributed by atoms with Gasteiger partial charge in [-0.15, -0.1) is 0 Å². The number of halogens is 5. The van der Waals surface area contributed by atoms with E-state index in [1.165, 1.54) is 37.6 Å². The van der Waals surface area contributed by atoms with Crippen LogP contribution in [0.2, 0.25) is 5.02 Å². The molecule has 0 aliphatic heterocycles. The first-order valence-corrected chi connectivity index (χ1v) is 10.7. The molecule has 0 spiro atoms. The van der Waals surface area contributed by atoms with Crippen LogP contribution in [0.1, 0.15) is 16.1 Å². The molecule has 0 radical (unpaired) electrons. The maximum absolute atomic E-state index is 14.5. The Morgan fingerprint density at radius 3 is 2.67 bits per heavy atom. The van der Waals surface area contributed by atoms with Crippen molar-refractivity contribution >= 4 is 40.4 Å². The number of thioether (sulfide) groups is 1. The van der Waals surface area contributed by atoms with Crippen molar-refractivity contribution in [3.63, 3.8) is 0 Å². The van der Waals surface area contributed by atoms with E-state index in [2.05, 4.69) is 21.8 Å². The number of rotatable bonds is 6. The first kappa shape index (κ1) is 24.5. The van der Waals surface area contributed by atoms with Gasteiger partial charge in [0, 0.05) is 13.3 Å². The van der Waals surface area contributed by atoms with E-state index in [0.29, 0.717) is 16.4 Å². The van der Waals surface area contributed by atoms with Crippen LogP contribution in [0, 0.1) is 5.82 Å². The highest BCUT2D eigenvalue weighted by molar-refractivity contribution is 8.13. The van der Waals surface area contributed by atoms with Gasteiger partial charge in [-0.2, -0.15) is 18.3 Å². The van der Waals surface area contributed by atoms with E-state index in [1.54, 1.807) is 0 Å². The van der Waals surface area contributed by atoms with Crippen molar-refractivity contribution in [1.29, 1.82) is 0 Å². The number of carbonyl (C=O) groups excluding carboxylic acids is 1. The van der Waals surface area contributed by atoms with E-state index in [-0.39, 0.29) is 27.5 Å². The number of benzene rings is 1. The van der Waals surface area contributed by atoms with Crippen LogP contribution < -0.4 is 0 Å². The van der Waals surface area contributed by atoms with Crippen molar-refractivity contribution in [3.05, 3.63) is 65.2 Å². The molecule has 0 fully saturated rings. The van der Waals surface area contributed by atoms with Gasteiger partial charge < -0.3 is 4.52 Å². The third-order valence-electron chi connectivity index (χ3n) is 4.36. The van der Waals surface area contributed by atoms with Crippen molar-refractivity contribution in [2.45, 2.75) is 6.18 Å². The topological polar surface area (TPSA) is 73.3 Å². The van der Waals surface area contributed by atoms with Gasteiger partial charge in [0.1, 0.15) is 17.1 Å². The number of hydrogen-bond acceptors (Lipinski definition) is 6. The molecule has 0 unspecified atom stereocenters. The number of allylic oxidation sites excluding steroid dienone is 3. The second-order valence-electron chi connectivity index (χ2n) is 6.35. The first-order valence-electron chi connectivity index (χ1n) is 9.08. The Hall–Kier alpha value is -3.18. The molecule has 0 bridgehead atoms. The summed E-state index contributed by atoms with van der Waals surface area (Å²) in [5.74, 6) is -1.34. The second kappa shape index (κ2) is 9.75. The lowest BCUT2D eigenvalue weighted by Crippen LogP contribution is -2.16. The Bertz CT molecular complexity index is 1260. The zero-order valence-corrected chi connectivity index (χ0v) is 18.7. The predicted octanol–water partition coefficient (Wildman–Crippen LogP) is 6.25. The molecule has 0 aliphatic rings. The van der Waals surface area contributed by atoms with Gasteiger partial charge in [-0.25, -0.2) is 9.07 Å². The molecule has 0 aliphatic carbocycles. The van der Waals surface area contributed by atoms with Gasteiger partial charge in [-0.1, -0.05) is 47.2 Å². The lowest BCUT2D eigenvalue weighted by atomic mass is 10.0. The molecule has 2 heterocycles. The summed E-state index contributed by atoms with van der Waals surface area (Å²) < 4.78 is 62.8. The highest BCUT2D eigenvalue weighted by Crippen LogP contribution is 2.43. The maximum atomic E-state index is 14.5. The minimum atomic E-state index is -4.92. The molecule has 0 saturated carbocycles. The molecule has 0 atom stereocenters. The predicted molar refractivity (Wildman–Crippen MR) is 120 cm³/mol. The lowest BCUT2D eigenvalue weighted by Gasteiger charge is -2.12. The van der Waals surface area contributed by atoms with E-state index in [9.17, 15) is 22.4 Å².